The van der Waals surface area contributed by atoms with Gasteiger partial charge in [-0.15, -0.1) is 0 Å². The number of likely N-dealkylation sites (tertiary alicyclic amines) is 1. The Balaban J connectivity index is 1.43. The molecule has 0 radical (unpaired) electrons. The second-order valence-electron chi connectivity index (χ2n) is 9.12. The van der Waals surface area contributed by atoms with Crippen LogP contribution in [0.1, 0.15) is 43.7 Å². The number of ether oxygens (including phenoxy) is 1. The van der Waals surface area contributed by atoms with Gasteiger partial charge in [-0.05, 0) is 49.4 Å². The highest BCUT2D eigenvalue weighted by molar-refractivity contribution is 5.84. The molecule has 0 bridgehead atoms. The van der Waals surface area contributed by atoms with Crippen LogP contribution in [0.3, 0.4) is 0 Å². The number of alkyl halides is 3. The molecular weight excluding hydrogens is 461 g/mol. The van der Waals surface area contributed by atoms with Crippen molar-refractivity contribution in [3.8, 4) is 17.1 Å². The molecule has 2 heterocycles. The third-order valence-electron chi connectivity index (χ3n) is 6.64. The zero-order chi connectivity index (χ0) is 25.2. The maximum atomic E-state index is 13.0. The van der Waals surface area contributed by atoms with E-state index in [0.717, 1.165) is 23.3 Å². The van der Waals surface area contributed by atoms with Crippen LogP contribution in [0.4, 0.5) is 13.2 Å². The van der Waals surface area contributed by atoms with Gasteiger partial charge >= 0.3 is 6.18 Å². The zero-order valence-electron chi connectivity index (χ0n) is 19.5. The van der Waals surface area contributed by atoms with Crippen molar-refractivity contribution >= 4 is 5.91 Å². The largest absolute Gasteiger partial charge is 0.489 e. The number of carbonyl (C=O) groups excluding carboxylic acids is 1. The van der Waals surface area contributed by atoms with Crippen molar-refractivity contribution in [3.05, 3.63) is 66.1 Å². The molecule has 186 valence electrons. The van der Waals surface area contributed by atoms with Gasteiger partial charge in [0, 0.05) is 18.7 Å². The van der Waals surface area contributed by atoms with Gasteiger partial charge < -0.3 is 15.0 Å². The van der Waals surface area contributed by atoms with E-state index >= 15 is 0 Å². The fraction of sp³-hybridized carbons (Fsp3) is 0.400. The molecular formula is C25H27F3N4O3. The van der Waals surface area contributed by atoms with E-state index in [9.17, 15) is 18.0 Å². The number of primary amides is 1. The molecule has 1 fully saturated rings. The average Bonchev–Trinajstić information content (AvgIpc) is 3.51. The highest BCUT2D eigenvalue weighted by atomic mass is 19.4. The molecule has 2 N–H and O–H groups in total. The predicted octanol–water partition coefficient (Wildman–Crippen LogP) is 4.65. The smallest absolute Gasteiger partial charge is 0.416 e. The average molecular weight is 489 g/mol. The lowest BCUT2D eigenvalue weighted by atomic mass is 9.84. The van der Waals surface area contributed by atoms with Crippen molar-refractivity contribution in [2.24, 2.45) is 5.73 Å². The molecule has 1 aliphatic rings. The number of rotatable bonds is 8. The van der Waals surface area contributed by atoms with Crippen LogP contribution in [0.2, 0.25) is 0 Å². The molecule has 1 saturated heterocycles. The molecule has 2 unspecified atom stereocenters. The summed E-state index contributed by atoms with van der Waals surface area (Å²) in [5, 5.41) is 3.83. The molecule has 3 aromatic rings. The van der Waals surface area contributed by atoms with Gasteiger partial charge in [0.15, 0.2) is 0 Å². The van der Waals surface area contributed by atoms with E-state index in [2.05, 4.69) is 10.1 Å². The Morgan fingerprint density at radius 2 is 2.00 bits per heavy atom. The normalized spacial score (nSPS) is 19.3. The first-order valence-electron chi connectivity index (χ1n) is 11.3. The SMILES string of the molecule is CC(CC(C)(C(N)=O)N1CC[C@@H](Oc2cccc(C(F)(F)F)c2)C1)c1ccc(-c2ncon2)cc1. The minimum atomic E-state index is -4.44. The van der Waals surface area contributed by atoms with Gasteiger partial charge in [-0.3, -0.25) is 9.69 Å². The highest BCUT2D eigenvalue weighted by Crippen LogP contribution is 2.35. The van der Waals surface area contributed by atoms with Gasteiger partial charge in [-0.25, -0.2) is 0 Å². The Bertz CT molecular complexity index is 1150. The zero-order valence-corrected chi connectivity index (χ0v) is 19.5. The third kappa shape index (κ3) is 5.48. The van der Waals surface area contributed by atoms with Crippen molar-refractivity contribution < 1.29 is 27.2 Å². The molecule has 35 heavy (non-hydrogen) atoms. The Morgan fingerprint density at radius 1 is 1.26 bits per heavy atom. The third-order valence-corrected chi connectivity index (χ3v) is 6.64. The minimum absolute atomic E-state index is 0.00949. The molecule has 1 amide bonds. The predicted molar refractivity (Wildman–Crippen MR) is 122 cm³/mol. The van der Waals surface area contributed by atoms with Crippen LogP contribution in [0, 0.1) is 0 Å². The molecule has 3 atom stereocenters. The highest BCUT2D eigenvalue weighted by Gasteiger charge is 2.43. The van der Waals surface area contributed by atoms with E-state index in [1.54, 1.807) is 0 Å². The molecule has 0 aliphatic carbocycles. The molecule has 10 heteroatoms. The van der Waals surface area contributed by atoms with Crippen LogP contribution in [0.5, 0.6) is 5.75 Å². The van der Waals surface area contributed by atoms with Gasteiger partial charge in [-0.1, -0.05) is 42.4 Å². The first kappa shape index (κ1) is 24.7. The van der Waals surface area contributed by atoms with E-state index in [1.165, 1.54) is 18.5 Å². The van der Waals surface area contributed by atoms with Gasteiger partial charge in [0.2, 0.25) is 18.1 Å². The van der Waals surface area contributed by atoms with Gasteiger partial charge in [0.25, 0.3) is 0 Å². The Kier molecular flexibility index (Phi) is 6.84. The van der Waals surface area contributed by atoms with Crippen molar-refractivity contribution in [3.63, 3.8) is 0 Å². The van der Waals surface area contributed by atoms with E-state index in [4.69, 9.17) is 15.0 Å². The topological polar surface area (TPSA) is 94.5 Å². The molecule has 7 nitrogen and oxygen atoms in total. The number of aromatic nitrogens is 2. The summed E-state index contributed by atoms with van der Waals surface area (Å²) in [6.07, 6.45) is -2.47. The van der Waals surface area contributed by atoms with Gasteiger partial charge in [-0.2, -0.15) is 18.2 Å². The summed E-state index contributed by atoms with van der Waals surface area (Å²) in [6.45, 7) is 4.77. The fourth-order valence-corrected chi connectivity index (χ4v) is 4.57. The summed E-state index contributed by atoms with van der Waals surface area (Å²) in [4.78, 5) is 18.6. The molecule has 1 aliphatic heterocycles. The molecule has 0 spiro atoms. The van der Waals surface area contributed by atoms with Gasteiger partial charge in [0.05, 0.1) is 11.1 Å². The second-order valence-corrected chi connectivity index (χ2v) is 9.12. The van der Waals surface area contributed by atoms with Crippen LogP contribution >= 0.6 is 0 Å². The molecule has 0 saturated carbocycles. The van der Waals surface area contributed by atoms with Crippen LogP contribution < -0.4 is 10.5 Å². The van der Waals surface area contributed by atoms with Crippen molar-refractivity contribution in [2.75, 3.05) is 13.1 Å². The number of carbonyl (C=O) groups is 1. The Hall–Kier alpha value is -3.40. The Morgan fingerprint density at radius 3 is 2.63 bits per heavy atom. The summed E-state index contributed by atoms with van der Waals surface area (Å²) in [6, 6.07) is 12.5. The number of nitrogens with zero attached hydrogens (tertiary/aromatic N) is 3. The second kappa shape index (κ2) is 9.69. The van der Waals surface area contributed by atoms with E-state index in [-0.39, 0.29) is 17.8 Å². The summed E-state index contributed by atoms with van der Waals surface area (Å²) < 4.78 is 49.7. The lowest BCUT2D eigenvalue weighted by Gasteiger charge is -2.38. The van der Waals surface area contributed by atoms with Crippen molar-refractivity contribution in [1.29, 1.82) is 0 Å². The number of hydrogen-bond donors (Lipinski definition) is 1. The van der Waals surface area contributed by atoms with Crippen LogP contribution in [0.25, 0.3) is 11.4 Å². The number of nitrogens with two attached hydrogens (primary N) is 1. The van der Waals surface area contributed by atoms with Gasteiger partial charge in [0.1, 0.15) is 11.9 Å². The number of amides is 1. The summed E-state index contributed by atoms with van der Waals surface area (Å²) >= 11 is 0. The quantitative estimate of drug-likeness (QED) is 0.496. The number of benzene rings is 2. The summed E-state index contributed by atoms with van der Waals surface area (Å²) in [5.74, 6) is 0.209. The van der Waals surface area contributed by atoms with Crippen LogP contribution in [-0.4, -0.2) is 45.7 Å². The minimum Gasteiger partial charge on any atom is -0.489 e. The van der Waals surface area contributed by atoms with E-state index in [1.807, 2.05) is 43.0 Å². The summed E-state index contributed by atoms with van der Waals surface area (Å²) in [7, 11) is 0. The standard InChI is InChI=1S/C25H27F3N4O3/c1-16(17-6-8-18(9-7-17)22-30-15-34-31-22)13-24(2,23(29)33)32-11-10-21(14-32)35-20-5-3-4-19(12-20)25(26,27)28/h3-9,12,15-16,21H,10-11,13-14H2,1-2H3,(H2,29,33)/t16?,21-,24?/m1/s1. The van der Waals surface area contributed by atoms with E-state index in [0.29, 0.717) is 31.8 Å². The number of halogens is 3. The first-order chi connectivity index (χ1) is 16.6. The van der Waals surface area contributed by atoms with Crippen LogP contribution in [0.15, 0.2) is 59.4 Å². The van der Waals surface area contributed by atoms with Crippen molar-refractivity contribution in [1.82, 2.24) is 15.0 Å². The molecule has 1 aromatic heterocycles. The monoisotopic (exact) mass is 488 g/mol. The Labute approximate surface area is 201 Å². The molecule has 4 rings (SSSR count). The van der Waals surface area contributed by atoms with E-state index < -0.39 is 23.2 Å². The maximum Gasteiger partial charge on any atom is 0.416 e. The first-order valence-corrected chi connectivity index (χ1v) is 11.3. The van der Waals surface area contributed by atoms with Crippen LogP contribution in [-0.2, 0) is 11.0 Å². The summed E-state index contributed by atoms with van der Waals surface area (Å²) in [5.41, 5.74) is 6.00. The van der Waals surface area contributed by atoms with Crippen molar-refractivity contribution in [2.45, 2.75) is 50.4 Å². The lowest BCUT2D eigenvalue weighted by Crippen LogP contribution is -2.55. The molecule has 2 aromatic carbocycles. The lowest BCUT2D eigenvalue weighted by molar-refractivity contribution is -0.137. The fourth-order valence-electron chi connectivity index (χ4n) is 4.57. The number of hydrogen-bond acceptors (Lipinski definition) is 6. The maximum absolute atomic E-state index is 13.0.